The number of carbonyl (C=O) groups excluding carboxylic acids is 1. The normalized spacial score (nSPS) is 15.3. The van der Waals surface area contributed by atoms with Crippen LogP contribution in [0.25, 0.3) is 11.0 Å². The first-order valence-corrected chi connectivity index (χ1v) is 11.6. The van der Waals surface area contributed by atoms with E-state index in [0.717, 1.165) is 44.4 Å². The molecule has 0 aliphatic carbocycles. The molecule has 0 spiro atoms. The molecule has 3 aromatic rings. The van der Waals surface area contributed by atoms with Crippen LogP contribution >= 0.6 is 0 Å². The van der Waals surface area contributed by atoms with Crippen LogP contribution in [0.4, 0.5) is 9.18 Å². The molecule has 7 nitrogen and oxygen atoms in total. The SMILES string of the molecule is CC(C)n1c(=O)n(C(=O)NC2CCN(CCCOc3ccc(F)cc3)CC2)c2ccccc21. The second-order valence-corrected chi connectivity index (χ2v) is 8.79. The fourth-order valence-electron chi connectivity index (χ4n) is 4.42. The van der Waals surface area contributed by atoms with Gasteiger partial charge in [-0.2, -0.15) is 0 Å². The van der Waals surface area contributed by atoms with E-state index in [1.165, 1.54) is 16.7 Å². The molecule has 0 radical (unpaired) electrons. The maximum Gasteiger partial charge on any atom is 0.337 e. The summed E-state index contributed by atoms with van der Waals surface area (Å²) >= 11 is 0. The maximum atomic E-state index is 13.0. The van der Waals surface area contributed by atoms with Crippen LogP contribution in [-0.2, 0) is 0 Å². The molecule has 1 saturated heterocycles. The quantitative estimate of drug-likeness (QED) is 0.548. The molecule has 33 heavy (non-hydrogen) atoms. The number of benzene rings is 2. The molecule has 0 bridgehead atoms. The van der Waals surface area contributed by atoms with Crippen LogP contribution in [0.2, 0.25) is 0 Å². The number of carbonyl (C=O) groups is 1. The maximum absolute atomic E-state index is 13.0. The third kappa shape index (κ3) is 5.27. The molecule has 0 saturated carbocycles. The van der Waals surface area contributed by atoms with E-state index in [0.29, 0.717) is 17.9 Å². The van der Waals surface area contributed by atoms with E-state index in [2.05, 4.69) is 10.2 Å². The Morgan fingerprint density at radius 1 is 1.09 bits per heavy atom. The molecule has 176 valence electrons. The van der Waals surface area contributed by atoms with Gasteiger partial charge in [-0.3, -0.25) is 4.57 Å². The summed E-state index contributed by atoms with van der Waals surface area (Å²) in [6.45, 7) is 7.12. The minimum Gasteiger partial charge on any atom is -0.494 e. The number of nitrogens with zero attached hydrogens (tertiary/aromatic N) is 3. The number of hydrogen-bond acceptors (Lipinski definition) is 4. The summed E-state index contributed by atoms with van der Waals surface area (Å²) in [5.74, 6) is 0.403. The third-order valence-electron chi connectivity index (χ3n) is 6.12. The van der Waals surface area contributed by atoms with E-state index in [4.69, 9.17) is 4.74 Å². The number of halogens is 1. The Morgan fingerprint density at radius 2 is 1.76 bits per heavy atom. The lowest BCUT2D eigenvalue weighted by Gasteiger charge is -2.32. The fraction of sp³-hybridized carbons (Fsp3) is 0.440. The summed E-state index contributed by atoms with van der Waals surface area (Å²) in [4.78, 5) is 28.3. The van der Waals surface area contributed by atoms with Crippen LogP contribution in [0, 0.1) is 5.82 Å². The van der Waals surface area contributed by atoms with Gasteiger partial charge in [0.25, 0.3) is 0 Å². The number of imidazole rings is 1. The van der Waals surface area contributed by atoms with Crippen molar-refractivity contribution >= 4 is 17.1 Å². The van der Waals surface area contributed by atoms with Gasteiger partial charge >= 0.3 is 11.7 Å². The van der Waals surface area contributed by atoms with Crippen molar-refractivity contribution in [2.45, 2.75) is 45.2 Å². The van der Waals surface area contributed by atoms with Gasteiger partial charge in [-0.25, -0.2) is 18.5 Å². The molecule has 8 heteroatoms. The molecule has 1 aromatic heterocycles. The van der Waals surface area contributed by atoms with Gasteiger partial charge < -0.3 is 15.0 Å². The highest BCUT2D eigenvalue weighted by molar-refractivity contribution is 5.89. The molecular formula is C25H31FN4O3. The zero-order valence-electron chi connectivity index (χ0n) is 19.2. The summed E-state index contributed by atoms with van der Waals surface area (Å²) in [6.07, 6.45) is 2.54. The third-order valence-corrected chi connectivity index (χ3v) is 6.12. The second kappa shape index (κ2) is 10.2. The van der Waals surface area contributed by atoms with Gasteiger partial charge in [0, 0.05) is 31.7 Å². The first-order chi connectivity index (χ1) is 15.9. The summed E-state index contributed by atoms with van der Waals surface area (Å²) in [7, 11) is 0. The Hall–Kier alpha value is -3.13. The van der Waals surface area contributed by atoms with Crippen molar-refractivity contribution in [1.82, 2.24) is 19.4 Å². The highest BCUT2D eigenvalue weighted by Crippen LogP contribution is 2.18. The van der Waals surface area contributed by atoms with Crippen LogP contribution in [0.15, 0.2) is 53.3 Å². The van der Waals surface area contributed by atoms with Crippen molar-refractivity contribution in [1.29, 1.82) is 0 Å². The standard InChI is InChI=1S/C25H31FN4O3/c1-18(2)29-22-6-3-4-7-23(22)30(25(29)32)24(31)27-20-12-15-28(16-13-20)14-5-17-33-21-10-8-19(26)9-11-21/h3-4,6-11,18,20H,5,12-17H2,1-2H3,(H,27,31). The van der Waals surface area contributed by atoms with Crippen LogP contribution in [-0.4, -0.2) is 52.3 Å². The number of aromatic nitrogens is 2. The highest BCUT2D eigenvalue weighted by Gasteiger charge is 2.24. The Morgan fingerprint density at radius 3 is 2.42 bits per heavy atom. The Labute approximate surface area is 192 Å². The molecule has 1 aliphatic heterocycles. The smallest absolute Gasteiger partial charge is 0.337 e. The minimum atomic E-state index is -0.359. The number of nitrogens with one attached hydrogen (secondary N) is 1. The van der Waals surface area contributed by atoms with Crippen LogP contribution in [0.3, 0.4) is 0 Å². The highest BCUT2D eigenvalue weighted by atomic mass is 19.1. The van der Waals surface area contributed by atoms with Gasteiger partial charge in [-0.05, 0) is 69.5 Å². The first kappa shape index (κ1) is 23.0. The summed E-state index contributed by atoms with van der Waals surface area (Å²) < 4.78 is 21.5. The van der Waals surface area contributed by atoms with Crippen molar-refractivity contribution in [3.8, 4) is 5.75 Å². The average molecular weight is 455 g/mol. The monoisotopic (exact) mass is 454 g/mol. The summed E-state index contributed by atoms with van der Waals surface area (Å²) in [5, 5.41) is 3.06. The van der Waals surface area contributed by atoms with Crippen LogP contribution < -0.4 is 15.7 Å². The molecule has 1 fully saturated rings. The van der Waals surface area contributed by atoms with Gasteiger partial charge in [0.2, 0.25) is 0 Å². The summed E-state index contributed by atoms with van der Waals surface area (Å²) in [6, 6.07) is 13.1. The van der Waals surface area contributed by atoms with Gasteiger partial charge in [0.05, 0.1) is 17.6 Å². The van der Waals surface area contributed by atoms with Crippen molar-refractivity contribution < 1.29 is 13.9 Å². The molecule has 4 rings (SSSR count). The van der Waals surface area contributed by atoms with Gasteiger partial charge in [0.15, 0.2) is 0 Å². The number of fused-ring (bicyclic) bond motifs is 1. The number of para-hydroxylation sites is 2. The number of ether oxygens (including phenoxy) is 1. The number of amides is 1. The lowest BCUT2D eigenvalue weighted by molar-refractivity contribution is 0.180. The zero-order chi connectivity index (χ0) is 23.4. The van der Waals surface area contributed by atoms with Gasteiger partial charge in [0.1, 0.15) is 11.6 Å². The van der Waals surface area contributed by atoms with E-state index in [1.54, 1.807) is 16.7 Å². The van der Waals surface area contributed by atoms with E-state index in [1.807, 2.05) is 38.1 Å². The van der Waals surface area contributed by atoms with Crippen molar-refractivity contribution in [2.75, 3.05) is 26.2 Å². The first-order valence-electron chi connectivity index (χ1n) is 11.6. The average Bonchev–Trinajstić information content (AvgIpc) is 3.11. The fourth-order valence-corrected chi connectivity index (χ4v) is 4.42. The van der Waals surface area contributed by atoms with E-state index in [9.17, 15) is 14.0 Å². The molecule has 0 atom stereocenters. The van der Waals surface area contributed by atoms with E-state index >= 15 is 0 Å². The number of rotatable bonds is 7. The van der Waals surface area contributed by atoms with E-state index in [-0.39, 0.29) is 29.6 Å². The predicted molar refractivity (Wildman–Crippen MR) is 126 cm³/mol. The molecular weight excluding hydrogens is 423 g/mol. The number of piperidine rings is 1. The minimum absolute atomic E-state index is 0.0354. The van der Waals surface area contributed by atoms with Crippen LogP contribution in [0.1, 0.15) is 39.2 Å². The molecule has 1 amide bonds. The molecule has 1 aliphatic rings. The van der Waals surface area contributed by atoms with Gasteiger partial charge in [-0.15, -0.1) is 0 Å². The Kier molecular flexibility index (Phi) is 7.13. The lowest BCUT2D eigenvalue weighted by atomic mass is 10.1. The molecule has 2 heterocycles. The van der Waals surface area contributed by atoms with Crippen molar-refractivity contribution in [2.24, 2.45) is 0 Å². The Bertz CT molecular complexity index is 1140. The molecule has 2 aromatic carbocycles. The molecule has 1 N–H and O–H groups in total. The van der Waals surface area contributed by atoms with Crippen molar-refractivity contribution in [3.63, 3.8) is 0 Å². The van der Waals surface area contributed by atoms with E-state index < -0.39 is 0 Å². The second-order valence-electron chi connectivity index (χ2n) is 8.79. The van der Waals surface area contributed by atoms with Gasteiger partial charge in [-0.1, -0.05) is 12.1 Å². The number of hydrogen-bond donors (Lipinski definition) is 1. The predicted octanol–water partition coefficient (Wildman–Crippen LogP) is 4.01. The zero-order valence-corrected chi connectivity index (χ0v) is 19.2. The molecule has 0 unspecified atom stereocenters. The topological polar surface area (TPSA) is 68.5 Å². The van der Waals surface area contributed by atoms with Crippen molar-refractivity contribution in [3.05, 3.63) is 64.8 Å². The largest absolute Gasteiger partial charge is 0.494 e. The Balaban J connectivity index is 1.27. The summed E-state index contributed by atoms with van der Waals surface area (Å²) in [5.41, 5.74) is 1.10. The lowest BCUT2D eigenvalue weighted by Crippen LogP contribution is -2.47. The van der Waals surface area contributed by atoms with Crippen LogP contribution in [0.5, 0.6) is 5.75 Å². The number of likely N-dealkylation sites (tertiary alicyclic amines) is 1.